The van der Waals surface area contributed by atoms with E-state index in [9.17, 15) is 18.0 Å². The number of sulfonamides is 1. The molecule has 0 radical (unpaired) electrons. The highest BCUT2D eigenvalue weighted by Crippen LogP contribution is 2.23. The van der Waals surface area contributed by atoms with Gasteiger partial charge in [0.2, 0.25) is 5.91 Å². The van der Waals surface area contributed by atoms with Gasteiger partial charge in [-0.05, 0) is 59.1 Å². The van der Waals surface area contributed by atoms with Gasteiger partial charge in [0, 0.05) is 18.2 Å². The fourth-order valence-corrected chi connectivity index (χ4v) is 5.12. The fraction of sp³-hybridized carbons (Fsp3) is 0.571. The zero-order valence-electron chi connectivity index (χ0n) is 18.3. The van der Waals surface area contributed by atoms with E-state index in [-0.39, 0.29) is 35.3 Å². The predicted octanol–water partition coefficient (Wildman–Crippen LogP) is 2.02. The maximum Gasteiger partial charge on any atom is 0.407 e. The molecular weight excluding hydrogens is 420 g/mol. The summed E-state index contributed by atoms with van der Waals surface area (Å²) in [5.74, 6) is -0.0314. The van der Waals surface area contributed by atoms with Crippen molar-refractivity contribution in [1.82, 2.24) is 14.9 Å². The minimum Gasteiger partial charge on any atom is -0.444 e. The third-order valence-corrected chi connectivity index (χ3v) is 6.62. The average Bonchev–Trinajstić information content (AvgIpc) is 2.95. The molecule has 2 atom stereocenters. The van der Waals surface area contributed by atoms with E-state index < -0.39 is 21.7 Å². The summed E-state index contributed by atoms with van der Waals surface area (Å²) in [4.78, 5) is 31.2. The lowest BCUT2D eigenvalue weighted by Gasteiger charge is -2.39. The van der Waals surface area contributed by atoms with Crippen LogP contribution in [0.1, 0.15) is 52.5 Å². The molecule has 10 heteroatoms. The molecule has 2 N–H and O–H groups in total. The highest BCUT2D eigenvalue weighted by Gasteiger charge is 2.33. The maximum absolute atomic E-state index is 13.0. The molecule has 2 amide bonds. The second kappa shape index (κ2) is 8.86. The molecule has 31 heavy (non-hydrogen) atoms. The van der Waals surface area contributed by atoms with Crippen molar-refractivity contribution >= 4 is 27.9 Å². The Labute approximate surface area is 183 Å². The van der Waals surface area contributed by atoms with E-state index in [1.807, 2.05) is 6.92 Å². The molecule has 1 aromatic rings. The van der Waals surface area contributed by atoms with Crippen LogP contribution in [0, 0.1) is 0 Å². The second-order valence-electron chi connectivity index (χ2n) is 8.85. The number of piperidine rings is 1. The SMILES string of the molecule is C[C@H](NC(=O)OC(C)(C)C)[C@H]1CCCCN1C(=O)CN=C1NS(=O)(=O)c2ccccc21. The average molecular weight is 451 g/mol. The zero-order chi connectivity index (χ0) is 22.8. The van der Waals surface area contributed by atoms with Crippen molar-refractivity contribution in [3.8, 4) is 0 Å². The first kappa shape index (κ1) is 23.1. The summed E-state index contributed by atoms with van der Waals surface area (Å²) in [5, 5.41) is 2.83. The van der Waals surface area contributed by atoms with E-state index in [4.69, 9.17) is 4.74 Å². The van der Waals surface area contributed by atoms with Gasteiger partial charge < -0.3 is 15.0 Å². The number of alkyl carbamates (subject to hydrolysis) is 1. The number of rotatable bonds is 4. The predicted molar refractivity (Wildman–Crippen MR) is 116 cm³/mol. The monoisotopic (exact) mass is 450 g/mol. The van der Waals surface area contributed by atoms with Crippen LogP contribution in [-0.2, 0) is 19.6 Å². The van der Waals surface area contributed by atoms with E-state index in [1.54, 1.807) is 43.9 Å². The number of benzene rings is 1. The second-order valence-corrected chi connectivity index (χ2v) is 10.5. The zero-order valence-corrected chi connectivity index (χ0v) is 19.2. The summed E-state index contributed by atoms with van der Waals surface area (Å²) in [7, 11) is -3.65. The molecule has 0 aromatic heterocycles. The van der Waals surface area contributed by atoms with Crippen LogP contribution in [0.5, 0.6) is 0 Å². The molecule has 1 saturated heterocycles. The van der Waals surface area contributed by atoms with Gasteiger partial charge in [0.1, 0.15) is 18.0 Å². The van der Waals surface area contributed by atoms with Crippen molar-refractivity contribution in [2.24, 2.45) is 4.99 Å². The Kier molecular flexibility index (Phi) is 6.59. The van der Waals surface area contributed by atoms with Crippen LogP contribution < -0.4 is 10.0 Å². The summed E-state index contributed by atoms with van der Waals surface area (Å²) in [6, 6.07) is 6.06. The lowest BCUT2D eigenvalue weighted by atomic mass is 9.96. The standard InChI is InChI=1S/C21H30N4O5S/c1-14(23-20(27)30-21(2,3)4)16-10-7-8-12-25(16)18(26)13-22-19-15-9-5-6-11-17(15)31(28,29)24-19/h5-6,9,11,14,16H,7-8,10,12-13H2,1-4H3,(H,22,24)(H,23,27)/t14-,16+/m0/s1. The number of likely N-dealkylation sites (tertiary alicyclic amines) is 1. The Morgan fingerprint density at radius 2 is 2.00 bits per heavy atom. The highest BCUT2D eigenvalue weighted by atomic mass is 32.2. The van der Waals surface area contributed by atoms with Crippen LogP contribution in [0.3, 0.4) is 0 Å². The molecule has 0 aliphatic carbocycles. The van der Waals surface area contributed by atoms with Crippen LogP contribution in [0.2, 0.25) is 0 Å². The molecule has 2 aliphatic rings. The van der Waals surface area contributed by atoms with Crippen molar-refractivity contribution in [2.45, 2.75) is 69.5 Å². The lowest BCUT2D eigenvalue weighted by molar-refractivity contribution is -0.133. The molecule has 2 aliphatic heterocycles. The van der Waals surface area contributed by atoms with Gasteiger partial charge in [-0.25, -0.2) is 13.2 Å². The van der Waals surface area contributed by atoms with Crippen LogP contribution in [0.4, 0.5) is 4.79 Å². The minimum atomic E-state index is -3.65. The number of nitrogens with one attached hydrogen (secondary N) is 2. The van der Waals surface area contributed by atoms with Gasteiger partial charge in [-0.2, -0.15) is 0 Å². The fourth-order valence-electron chi connectivity index (χ4n) is 3.87. The summed E-state index contributed by atoms with van der Waals surface area (Å²) in [6.45, 7) is 7.62. The summed E-state index contributed by atoms with van der Waals surface area (Å²) in [6.07, 6.45) is 2.06. The van der Waals surface area contributed by atoms with Crippen molar-refractivity contribution in [2.75, 3.05) is 13.1 Å². The normalized spacial score (nSPS) is 22.4. The molecule has 2 heterocycles. The summed E-state index contributed by atoms with van der Waals surface area (Å²) in [5.41, 5.74) is -0.141. The number of hydrogen-bond acceptors (Lipinski definition) is 6. The van der Waals surface area contributed by atoms with Gasteiger partial charge in [-0.3, -0.25) is 14.5 Å². The lowest BCUT2D eigenvalue weighted by Crippen LogP contribution is -2.55. The number of hydrogen-bond donors (Lipinski definition) is 2. The van der Waals surface area contributed by atoms with Crippen LogP contribution in [-0.4, -0.2) is 61.9 Å². The smallest absolute Gasteiger partial charge is 0.407 e. The van der Waals surface area contributed by atoms with E-state index in [0.29, 0.717) is 12.1 Å². The number of carbonyl (C=O) groups is 2. The molecule has 3 rings (SSSR count). The van der Waals surface area contributed by atoms with Crippen molar-refractivity contribution in [3.05, 3.63) is 29.8 Å². The molecular formula is C21H30N4O5S. The maximum atomic E-state index is 13.0. The van der Waals surface area contributed by atoms with E-state index in [1.165, 1.54) is 6.07 Å². The minimum absolute atomic E-state index is 0.159. The first-order valence-electron chi connectivity index (χ1n) is 10.4. The summed E-state index contributed by atoms with van der Waals surface area (Å²) < 4.78 is 32.2. The highest BCUT2D eigenvalue weighted by molar-refractivity contribution is 7.90. The molecule has 0 unspecified atom stereocenters. The molecule has 9 nitrogen and oxygen atoms in total. The molecule has 170 valence electrons. The number of amidine groups is 1. The van der Waals surface area contributed by atoms with E-state index in [0.717, 1.165) is 19.3 Å². The number of carbonyl (C=O) groups excluding carboxylic acids is 2. The third kappa shape index (κ3) is 5.55. The van der Waals surface area contributed by atoms with Gasteiger partial charge in [0.25, 0.3) is 10.0 Å². The number of nitrogens with zero attached hydrogens (tertiary/aromatic N) is 2. The molecule has 1 aromatic carbocycles. The Morgan fingerprint density at radius 3 is 2.71 bits per heavy atom. The largest absolute Gasteiger partial charge is 0.444 e. The first-order chi connectivity index (χ1) is 14.5. The first-order valence-corrected chi connectivity index (χ1v) is 11.9. The quantitative estimate of drug-likeness (QED) is 0.728. The van der Waals surface area contributed by atoms with Crippen molar-refractivity contribution in [3.63, 3.8) is 0 Å². The van der Waals surface area contributed by atoms with Crippen molar-refractivity contribution in [1.29, 1.82) is 0 Å². The number of fused-ring (bicyclic) bond motifs is 1. The van der Waals surface area contributed by atoms with Gasteiger partial charge in [-0.15, -0.1) is 0 Å². The summed E-state index contributed by atoms with van der Waals surface area (Å²) >= 11 is 0. The molecule has 0 spiro atoms. The Balaban J connectivity index is 1.69. The van der Waals surface area contributed by atoms with Gasteiger partial charge >= 0.3 is 6.09 Å². The van der Waals surface area contributed by atoms with Gasteiger partial charge in [-0.1, -0.05) is 12.1 Å². The van der Waals surface area contributed by atoms with Crippen molar-refractivity contribution < 1.29 is 22.7 Å². The van der Waals surface area contributed by atoms with Gasteiger partial charge in [0.05, 0.1) is 10.9 Å². The topological polar surface area (TPSA) is 117 Å². The Morgan fingerprint density at radius 1 is 1.29 bits per heavy atom. The Hall–Kier alpha value is -2.62. The number of aliphatic imine (C=N–C) groups is 1. The molecule has 0 saturated carbocycles. The number of ether oxygens (including phenoxy) is 1. The van der Waals surface area contributed by atoms with E-state index >= 15 is 0 Å². The Bertz CT molecular complexity index is 984. The number of amides is 2. The third-order valence-electron chi connectivity index (χ3n) is 5.23. The molecule has 0 bridgehead atoms. The van der Waals surface area contributed by atoms with Crippen LogP contribution >= 0.6 is 0 Å². The van der Waals surface area contributed by atoms with Crippen LogP contribution in [0.15, 0.2) is 34.2 Å². The van der Waals surface area contributed by atoms with E-state index in [2.05, 4.69) is 15.0 Å². The molecule has 1 fully saturated rings. The van der Waals surface area contributed by atoms with Gasteiger partial charge in [0.15, 0.2) is 0 Å². The van der Waals surface area contributed by atoms with Crippen LogP contribution in [0.25, 0.3) is 0 Å².